The molecule has 3 aliphatic rings. The Morgan fingerprint density at radius 3 is 2.50 bits per heavy atom. The summed E-state index contributed by atoms with van der Waals surface area (Å²) in [4.78, 5) is 31.6. The first kappa shape index (κ1) is 24.6. The van der Waals surface area contributed by atoms with E-state index in [-0.39, 0.29) is 35.4 Å². The molecule has 2 atom stereocenters. The quantitative estimate of drug-likeness (QED) is 0.596. The van der Waals surface area contributed by atoms with Crippen LogP contribution in [0.15, 0.2) is 36.5 Å². The average Bonchev–Trinajstić information content (AvgIpc) is 3.40. The van der Waals surface area contributed by atoms with Gasteiger partial charge in [-0.05, 0) is 76.0 Å². The highest BCUT2D eigenvalue weighted by Gasteiger charge is 2.62. The molecule has 2 aliphatic carbocycles. The molecular weight excluding hydrogens is 456 g/mol. The van der Waals surface area contributed by atoms with Crippen molar-refractivity contribution in [2.75, 3.05) is 18.8 Å². The van der Waals surface area contributed by atoms with Crippen LogP contribution in [0.25, 0.3) is 11.1 Å². The third kappa shape index (κ3) is 4.91. The molecular formula is C28H36N4O4. The first-order valence-corrected chi connectivity index (χ1v) is 12.9. The van der Waals surface area contributed by atoms with Crippen LogP contribution < -0.4 is 11.1 Å². The summed E-state index contributed by atoms with van der Waals surface area (Å²) in [7, 11) is 0. The number of ether oxygens (including phenoxy) is 1. The van der Waals surface area contributed by atoms with Crippen molar-refractivity contribution < 1.29 is 19.4 Å². The molecule has 0 bridgehead atoms. The number of benzene rings is 1. The number of aromatic nitrogens is 1. The Kier molecular flexibility index (Phi) is 6.19. The van der Waals surface area contributed by atoms with Crippen molar-refractivity contribution in [1.82, 2.24) is 15.2 Å². The first-order valence-electron chi connectivity index (χ1n) is 12.9. The van der Waals surface area contributed by atoms with E-state index in [1.807, 2.05) is 37.8 Å². The van der Waals surface area contributed by atoms with Crippen LogP contribution in [-0.4, -0.2) is 57.8 Å². The molecule has 3 fully saturated rings. The van der Waals surface area contributed by atoms with Crippen LogP contribution in [0, 0.1) is 5.92 Å². The van der Waals surface area contributed by atoms with Crippen LogP contribution in [0.2, 0.25) is 0 Å². The number of nitrogen functional groups attached to an aromatic ring is 1. The Hall–Kier alpha value is -3.13. The molecule has 2 heterocycles. The third-order valence-corrected chi connectivity index (χ3v) is 7.79. The number of fused-ring (bicyclic) bond motifs is 1. The minimum atomic E-state index is -0.500. The van der Waals surface area contributed by atoms with Gasteiger partial charge in [0.25, 0.3) is 5.91 Å². The monoisotopic (exact) mass is 492 g/mol. The molecule has 5 rings (SSSR count). The summed E-state index contributed by atoms with van der Waals surface area (Å²) in [5.41, 5.74) is 8.93. The minimum absolute atomic E-state index is 0.00736. The van der Waals surface area contributed by atoms with E-state index in [1.54, 1.807) is 12.3 Å². The van der Waals surface area contributed by atoms with Crippen molar-refractivity contribution in [3.05, 3.63) is 47.7 Å². The number of nitrogens with zero attached hydrogens (tertiary/aromatic N) is 2. The molecule has 1 aromatic carbocycles. The second-order valence-corrected chi connectivity index (χ2v) is 11.6. The van der Waals surface area contributed by atoms with E-state index >= 15 is 0 Å². The number of piperidine rings is 1. The zero-order chi connectivity index (χ0) is 25.7. The number of hydrogen-bond donors (Lipinski definition) is 3. The van der Waals surface area contributed by atoms with Gasteiger partial charge < -0.3 is 25.8 Å². The van der Waals surface area contributed by atoms with E-state index in [9.17, 15) is 14.7 Å². The van der Waals surface area contributed by atoms with Crippen LogP contribution in [0.1, 0.15) is 68.8 Å². The van der Waals surface area contributed by atoms with E-state index in [0.29, 0.717) is 30.9 Å². The van der Waals surface area contributed by atoms with Crippen LogP contribution in [0.5, 0.6) is 0 Å². The molecule has 1 saturated heterocycles. The molecule has 4 N–H and O–H groups in total. The number of nitrogens with two attached hydrogens (primary N) is 1. The molecule has 2 aromatic rings. The highest BCUT2D eigenvalue weighted by atomic mass is 16.6. The van der Waals surface area contributed by atoms with Crippen molar-refractivity contribution in [3.8, 4) is 11.1 Å². The molecule has 2 amide bonds. The fourth-order valence-corrected chi connectivity index (χ4v) is 5.69. The highest BCUT2D eigenvalue weighted by molar-refractivity contribution is 5.99. The second kappa shape index (κ2) is 9.07. The molecule has 8 heteroatoms. The third-order valence-electron chi connectivity index (χ3n) is 7.79. The topological polar surface area (TPSA) is 118 Å². The maximum atomic E-state index is 12.9. The van der Waals surface area contributed by atoms with Crippen molar-refractivity contribution in [3.63, 3.8) is 0 Å². The fraction of sp³-hybridized carbons (Fsp3) is 0.536. The lowest BCUT2D eigenvalue weighted by Gasteiger charge is -2.26. The number of amides is 2. The van der Waals surface area contributed by atoms with Gasteiger partial charge in [0, 0.05) is 36.3 Å². The van der Waals surface area contributed by atoms with Crippen molar-refractivity contribution in [1.29, 1.82) is 0 Å². The Bertz CT molecular complexity index is 1150. The van der Waals surface area contributed by atoms with Gasteiger partial charge in [-0.1, -0.05) is 24.3 Å². The van der Waals surface area contributed by atoms with Gasteiger partial charge in [-0.15, -0.1) is 0 Å². The standard InChI is InChI=1S/C28H36N4O4/c1-27(2,3)36-26(35)32-15-20-13-28(20,16-32)19-6-4-17(5-7-19)18-12-23(24(29)30-14-18)25(34)31-21-8-10-22(33)11-9-21/h4-7,12,14,20-22,33H,8-11,13,15-16H2,1-3H3,(H2,29,30)(H,31,34)/t20-,21?,22?,28-/m0/s1. The van der Waals surface area contributed by atoms with E-state index < -0.39 is 5.60 Å². The second-order valence-electron chi connectivity index (χ2n) is 11.6. The number of likely N-dealkylation sites (tertiary alicyclic amines) is 1. The number of aliphatic hydroxyl groups excluding tert-OH is 1. The number of nitrogens with one attached hydrogen (secondary N) is 1. The predicted octanol–water partition coefficient (Wildman–Crippen LogP) is 3.87. The molecule has 0 radical (unpaired) electrons. The van der Waals surface area contributed by atoms with Gasteiger partial charge in [0.15, 0.2) is 0 Å². The molecule has 1 aromatic heterocycles. The lowest BCUT2D eigenvalue weighted by molar-refractivity contribution is 0.0270. The van der Waals surface area contributed by atoms with Crippen molar-refractivity contribution in [2.45, 2.75) is 76.0 Å². The molecule has 2 saturated carbocycles. The summed E-state index contributed by atoms with van der Waals surface area (Å²) in [6.07, 6.45) is 5.17. The SMILES string of the molecule is CC(C)(C)OC(=O)N1C[C@@H]2C[C@@]2(c2ccc(-c3cnc(N)c(C(=O)NC4CCC(O)CC4)c3)cc2)C1. The summed E-state index contributed by atoms with van der Waals surface area (Å²) in [6, 6.07) is 10.2. The normalized spacial score (nSPS) is 27.3. The molecule has 0 spiro atoms. The van der Waals surface area contributed by atoms with Crippen molar-refractivity contribution in [2.24, 2.45) is 5.92 Å². The first-order chi connectivity index (χ1) is 17.0. The van der Waals surface area contributed by atoms with Gasteiger partial charge in [0.1, 0.15) is 11.4 Å². The lowest BCUT2D eigenvalue weighted by Crippen LogP contribution is -2.38. The van der Waals surface area contributed by atoms with Crippen LogP contribution in [0.3, 0.4) is 0 Å². The van der Waals surface area contributed by atoms with Crippen molar-refractivity contribution >= 4 is 17.8 Å². The molecule has 1 aliphatic heterocycles. The fourth-order valence-electron chi connectivity index (χ4n) is 5.69. The van der Waals surface area contributed by atoms with Crippen LogP contribution >= 0.6 is 0 Å². The highest BCUT2D eigenvalue weighted by Crippen LogP contribution is 2.59. The van der Waals surface area contributed by atoms with Gasteiger partial charge in [-0.3, -0.25) is 4.79 Å². The van der Waals surface area contributed by atoms with Gasteiger partial charge >= 0.3 is 6.09 Å². The van der Waals surface area contributed by atoms with Gasteiger partial charge in [0.2, 0.25) is 0 Å². The molecule has 192 valence electrons. The zero-order valence-corrected chi connectivity index (χ0v) is 21.3. The number of anilines is 1. The Balaban J connectivity index is 1.27. The smallest absolute Gasteiger partial charge is 0.410 e. The van der Waals surface area contributed by atoms with E-state index in [4.69, 9.17) is 10.5 Å². The summed E-state index contributed by atoms with van der Waals surface area (Å²) >= 11 is 0. The van der Waals surface area contributed by atoms with E-state index in [2.05, 4.69) is 22.4 Å². The minimum Gasteiger partial charge on any atom is -0.444 e. The number of carbonyl (C=O) groups excluding carboxylic acids is 2. The van der Waals surface area contributed by atoms with Gasteiger partial charge in [-0.2, -0.15) is 0 Å². The lowest BCUT2D eigenvalue weighted by atomic mass is 9.92. The number of carbonyl (C=O) groups is 2. The largest absolute Gasteiger partial charge is 0.444 e. The average molecular weight is 493 g/mol. The summed E-state index contributed by atoms with van der Waals surface area (Å²) < 4.78 is 5.57. The Labute approximate surface area is 212 Å². The Morgan fingerprint density at radius 2 is 1.83 bits per heavy atom. The summed E-state index contributed by atoms with van der Waals surface area (Å²) in [5, 5.41) is 12.8. The zero-order valence-electron chi connectivity index (χ0n) is 21.3. The van der Waals surface area contributed by atoms with Crippen LogP contribution in [0.4, 0.5) is 10.6 Å². The number of hydrogen-bond acceptors (Lipinski definition) is 6. The van der Waals surface area contributed by atoms with E-state index in [1.165, 1.54) is 5.56 Å². The maximum Gasteiger partial charge on any atom is 0.410 e. The van der Waals surface area contributed by atoms with Gasteiger partial charge in [-0.25, -0.2) is 9.78 Å². The number of pyridine rings is 1. The van der Waals surface area contributed by atoms with E-state index in [0.717, 1.165) is 36.9 Å². The predicted molar refractivity (Wildman–Crippen MR) is 137 cm³/mol. The maximum absolute atomic E-state index is 12.9. The molecule has 8 nitrogen and oxygen atoms in total. The number of aliphatic hydroxyl groups is 1. The van der Waals surface area contributed by atoms with Crippen LogP contribution in [-0.2, 0) is 10.2 Å². The summed E-state index contributed by atoms with van der Waals surface area (Å²) in [6.45, 7) is 7.07. The molecule has 36 heavy (non-hydrogen) atoms. The summed E-state index contributed by atoms with van der Waals surface area (Å²) in [5.74, 6) is 0.439. The number of rotatable bonds is 4. The Morgan fingerprint density at radius 1 is 1.14 bits per heavy atom. The molecule has 0 unspecified atom stereocenters. The van der Waals surface area contributed by atoms with Gasteiger partial charge in [0.05, 0.1) is 11.7 Å².